The Morgan fingerprint density at radius 3 is 2.43 bits per heavy atom. The van der Waals surface area contributed by atoms with Crippen LogP contribution in [0, 0.1) is 0 Å². The van der Waals surface area contributed by atoms with Crippen molar-refractivity contribution >= 4 is 18.1 Å². The highest BCUT2D eigenvalue weighted by atomic mass is 16.6. The number of ether oxygens (including phenoxy) is 1. The van der Waals surface area contributed by atoms with E-state index in [4.69, 9.17) is 4.74 Å². The number of benzene rings is 1. The van der Waals surface area contributed by atoms with E-state index in [1.54, 1.807) is 7.05 Å². The molecule has 5 nitrogen and oxygen atoms in total. The Labute approximate surface area is 138 Å². The highest BCUT2D eigenvalue weighted by molar-refractivity contribution is 5.77. The van der Waals surface area contributed by atoms with E-state index < -0.39 is 17.7 Å². The third-order valence-corrected chi connectivity index (χ3v) is 3.93. The van der Waals surface area contributed by atoms with Crippen molar-refractivity contribution in [1.82, 2.24) is 4.90 Å². The second-order valence-electron chi connectivity index (χ2n) is 6.93. The smallest absolute Gasteiger partial charge is 0.410 e. The summed E-state index contributed by atoms with van der Waals surface area (Å²) in [7, 11) is 1.61. The topological polar surface area (TPSA) is 49.9 Å². The standard InChI is InChI=1S/C18H26N2O3/c1-18(2,3)23-17(22)19(4)16(13-21)14-9-5-6-10-15(14)20-11-7-8-12-20/h5-6,9-10,13,16H,7-8,11-12H2,1-4H3. The van der Waals surface area contributed by atoms with Crippen LogP contribution < -0.4 is 4.90 Å². The van der Waals surface area contributed by atoms with Crippen LogP contribution in [-0.4, -0.2) is 43.0 Å². The molecule has 0 N–H and O–H groups in total. The summed E-state index contributed by atoms with van der Waals surface area (Å²) in [6.07, 6.45) is 2.62. The Morgan fingerprint density at radius 1 is 1.26 bits per heavy atom. The number of carbonyl (C=O) groups excluding carboxylic acids is 2. The predicted octanol–water partition coefficient (Wildman–Crippen LogP) is 3.39. The summed E-state index contributed by atoms with van der Waals surface area (Å²) >= 11 is 0. The SMILES string of the molecule is CN(C(=O)OC(C)(C)C)C(C=O)c1ccccc1N1CCCC1. The van der Waals surface area contributed by atoms with Crippen molar-refractivity contribution in [2.24, 2.45) is 0 Å². The Bertz CT molecular complexity index is 560. The van der Waals surface area contributed by atoms with Gasteiger partial charge in [0, 0.05) is 31.4 Å². The first-order valence-electron chi connectivity index (χ1n) is 8.08. The maximum atomic E-state index is 12.3. The lowest BCUT2D eigenvalue weighted by Gasteiger charge is -2.30. The molecular weight excluding hydrogens is 292 g/mol. The first-order chi connectivity index (χ1) is 10.8. The average Bonchev–Trinajstić information content (AvgIpc) is 3.00. The van der Waals surface area contributed by atoms with Crippen molar-refractivity contribution in [1.29, 1.82) is 0 Å². The van der Waals surface area contributed by atoms with E-state index in [2.05, 4.69) is 4.90 Å². The van der Waals surface area contributed by atoms with Gasteiger partial charge in [0.15, 0.2) is 0 Å². The van der Waals surface area contributed by atoms with E-state index in [1.807, 2.05) is 45.0 Å². The molecule has 5 heteroatoms. The molecule has 23 heavy (non-hydrogen) atoms. The Morgan fingerprint density at radius 2 is 1.87 bits per heavy atom. The van der Waals surface area contributed by atoms with Gasteiger partial charge in [0.05, 0.1) is 0 Å². The van der Waals surface area contributed by atoms with Crippen molar-refractivity contribution in [2.45, 2.75) is 45.3 Å². The predicted molar refractivity (Wildman–Crippen MR) is 90.7 cm³/mol. The molecule has 1 amide bonds. The van der Waals surface area contributed by atoms with E-state index in [9.17, 15) is 9.59 Å². The minimum absolute atomic E-state index is 0.495. The van der Waals surface area contributed by atoms with E-state index in [0.717, 1.165) is 43.5 Å². The lowest BCUT2D eigenvalue weighted by molar-refractivity contribution is -0.112. The zero-order valence-corrected chi connectivity index (χ0v) is 14.4. The van der Waals surface area contributed by atoms with Gasteiger partial charge in [0.1, 0.15) is 17.9 Å². The number of amides is 1. The van der Waals surface area contributed by atoms with Gasteiger partial charge in [-0.1, -0.05) is 18.2 Å². The highest BCUT2D eigenvalue weighted by Crippen LogP contribution is 2.31. The maximum Gasteiger partial charge on any atom is 0.410 e. The van der Waals surface area contributed by atoms with E-state index in [1.165, 1.54) is 4.90 Å². The third kappa shape index (κ3) is 4.24. The quantitative estimate of drug-likeness (QED) is 0.799. The van der Waals surface area contributed by atoms with E-state index >= 15 is 0 Å². The van der Waals surface area contributed by atoms with Gasteiger partial charge in [-0.05, 0) is 39.7 Å². The molecular formula is C18H26N2O3. The largest absolute Gasteiger partial charge is 0.444 e. The molecule has 0 saturated carbocycles. The fraction of sp³-hybridized carbons (Fsp3) is 0.556. The van der Waals surface area contributed by atoms with Gasteiger partial charge in [-0.15, -0.1) is 0 Å². The molecule has 1 aliphatic heterocycles. The van der Waals surface area contributed by atoms with Gasteiger partial charge in [0.25, 0.3) is 0 Å². The number of anilines is 1. The first-order valence-corrected chi connectivity index (χ1v) is 8.08. The molecule has 1 aromatic carbocycles. The van der Waals surface area contributed by atoms with Gasteiger partial charge in [0.2, 0.25) is 0 Å². The van der Waals surface area contributed by atoms with Gasteiger partial charge >= 0.3 is 6.09 Å². The van der Waals surface area contributed by atoms with Crippen LogP contribution in [0.3, 0.4) is 0 Å². The number of hydrogen-bond acceptors (Lipinski definition) is 4. The van der Waals surface area contributed by atoms with E-state index in [-0.39, 0.29) is 0 Å². The fourth-order valence-corrected chi connectivity index (χ4v) is 2.80. The summed E-state index contributed by atoms with van der Waals surface area (Å²) in [5, 5.41) is 0. The van der Waals surface area contributed by atoms with Crippen LogP contribution in [0.4, 0.5) is 10.5 Å². The highest BCUT2D eigenvalue weighted by Gasteiger charge is 2.29. The molecule has 126 valence electrons. The molecule has 1 heterocycles. The minimum atomic E-state index is -0.651. The van der Waals surface area contributed by atoms with Crippen molar-refractivity contribution in [3.8, 4) is 0 Å². The molecule has 0 aliphatic carbocycles. The van der Waals surface area contributed by atoms with Crippen molar-refractivity contribution in [3.63, 3.8) is 0 Å². The number of carbonyl (C=O) groups is 2. The van der Waals surface area contributed by atoms with Gasteiger partial charge < -0.3 is 14.4 Å². The molecule has 1 fully saturated rings. The molecule has 2 rings (SSSR count). The number of aldehydes is 1. The van der Waals surface area contributed by atoms with Crippen LogP contribution in [0.1, 0.15) is 45.2 Å². The summed E-state index contributed by atoms with van der Waals surface area (Å²) in [6.45, 7) is 7.41. The van der Waals surface area contributed by atoms with Crippen molar-refractivity contribution in [2.75, 3.05) is 25.0 Å². The fourth-order valence-electron chi connectivity index (χ4n) is 2.80. The van der Waals surface area contributed by atoms with Crippen molar-refractivity contribution < 1.29 is 14.3 Å². The van der Waals surface area contributed by atoms with Gasteiger partial charge in [-0.2, -0.15) is 0 Å². The maximum absolute atomic E-state index is 12.3. The number of nitrogens with zero attached hydrogens (tertiary/aromatic N) is 2. The first kappa shape index (κ1) is 17.3. The van der Waals surface area contributed by atoms with Crippen LogP contribution in [-0.2, 0) is 9.53 Å². The summed E-state index contributed by atoms with van der Waals surface area (Å²) in [5.41, 5.74) is 1.28. The molecule has 0 bridgehead atoms. The Kier molecular flexibility index (Phi) is 5.29. The van der Waals surface area contributed by atoms with Gasteiger partial charge in [-0.25, -0.2) is 4.79 Å². The van der Waals surface area contributed by atoms with Crippen LogP contribution in [0.2, 0.25) is 0 Å². The van der Waals surface area contributed by atoms with Crippen molar-refractivity contribution in [3.05, 3.63) is 29.8 Å². The summed E-state index contributed by atoms with van der Waals surface area (Å²) < 4.78 is 5.38. The third-order valence-electron chi connectivity index (χ3n) is 3.93. The molecule has 1 saturated heterocycles. The second kappa shape index (κ2) is 7.02. The van der Waals surface area contributed by atoms with Crippen LogP contribution in [0.25, 0.3) is 0 Å². The summed E-state index contributed by atoms with van der Waals surface area (Å²) in [4.78, 5) is 27.7. The Balaban J connectivity index is 2.27. The lowest BCUT2D eigenvalue weighted by Crippen LogP contribution is -2.37. The van der Waals surface area contributed by atoms with Crippen LogP contribution in [0.5, 0.6) is 0 Å². The molecule has 1 aliphatic rings. The summed E-state index contributed by atoms with van der Waals surface area (Å²) in [6, 6.07) is 7.13. The minimum Gasteiger partial charge on any atom is -0.444 e. The normalized spacial score (nSPS) is 16.1. The van der Waals surface area contributed by atoms with E-state index in [0.29, 0.717) is 0 Å². The van der Waals surface area contributed by atoms with Crippen LogP contribution >= 0.6 is 0 Å². The monoisotopic (exact) mass is 318 g/mol. The molecule has 0 aromatic heterocycles. The molecule has 1 unspecified atom stereocenters. The van der Waals surface area contributed by atoms with Crippen LogP contribution in [0.15, 0.2) is 24.3 Å². The summed E-state index contributed by atoms with van der Waals surface area (Å²) in [5.74, 6) is 0. The lowest BCUT2D eigenvalue weighted by atomic mass is 10.0. The number of likely N-dealkylation sites (N-methyl/N-ethyl adjacent to an activating group) is 1. The second-order valence-corrected chi connectivity index (χ2v) is 6.93. The number of para-hydroxylation sites is 1. The molecule has 0 spiro atoms. The molecule has 1 atom stereocenters. The average molecular weight is 318 g/mol. The molecule has 1 aromatic rings. The zero-order valence-electron chi connectivity index (χ0n) is 14.4. The van der Waals surface area contributed by atoms with Gasteiger partial charge in [-0.3, -0.25) is 4.90 Å². The number of hydrogen-bond donors (Lipinski definition) is 0. The number of rotatable bonds is 4. The zero-order chi connectivity index (χ0) is 17.0. The Hall–Kier alpha value is -2.04. The molecule has 0 radical (unpaired) electrons.